The molecular formula is C9H17NO. The molecule has 0 unspecified atom stereocenters. The summed E-state index contributed by atoms with van der Waals surface area (Å²) in [7, 11) is 0. The van der Waals surface area contributed by atoms with Gasteiger partial charge in [0.15, 0.2) is 0 Å². The van der Waals surface area contributed by atoms with Gasteiger partial charge in [0.25, 0.3) is 0 Å². The van der Waals surface area contributed by atoms with Crippen LogP contribution in [0.2, 0.25) is 0 Å². The zero-order valence-electron chi connectivity index (χ0n) is 7.23. The topological polar surface area (TPSA) is 29.1 Å². The fraction of sp³-hybridized carbons (Fsp3) is 0.889. The molecule has 0 spiro atoms. The zero-order valence-corrected chi connectivity index (χ0v) is 7.23. The Bertz CT molecular complexity index is 130. The van der Waals surface area contributed by atoms with Crippen LogP contribution in [0.1, 0.15) is 39.0 Å². The highest BCUT2D eigenvalue weighted by Gasteiger charge is 2.40. The van der Waals surface area contributed by atoms with E-state index in [-0.39, 0.29) is 0 Å². The van der Waals surface area contributed by atoms with E-state index in [9.17, 15) is 4.79 Å². The van der Waals surface area contributed by atoms with E-state index in [2.05, 4.69) is 12.2 Å². The van der Waals surface area contributed by atoms with Gasteiger partial charge in [0.1, 0.15) is 0 Å². The molecule has 1 N–H and O–H groups in total. The van der Waals surface area contributed by atoms with Gasteiger partial charge in [0.2, 0.25) is 6.41 Å². The summed E-state index contributed by atoms with van der Waals surface area (Å²) >= 11 is 0. The summed E-state index contributed by atoms with van der Waals surface area (Å²) in [5.74, 6) is 0. The Kier molecular flexibility index (Phi) is 2.92. The van der Waals surface area contributed by atoms with Crippen molar-refractivity contribution < 1.29 is 4.79 Å². The first kappa shape index (κ1) is 8.57. The van der Waals surface area contributed by atoms with Crippen LogP contribution >= 0.6 is 0 Å². The standard InChI is InChI=1S/C9H17NO/c1-2-3-9(4-5-9)6-7-10-8-11/h8H,2-7H2,1H3,(H,10,11). The summed E-state index contributed by atoms with van der Waals surface area (Å²) in [4.78, 5) is 9.96. The summed E-state index contributed by atoms with van der Waals surface area (Å²) in [6, 6.07) is 0. The number of nitrogens with one attached hydrogen (secondary N) is 1. The Morgan fingerprint density at radius 1 is 1.45 bits per heavy atom. The molecule has 0 aromatic carbocycles. The first-order valence-electron chi connectivity index (χ1n) is 4.50. The lowest BCUT2D eigenvalue weighted by atomic mass is 9.97. The molecule has 0 radical (unpaired) electrons. The van der Waals surface area contributed by atoms with E-state index in [1.165, 1.54) is 32.1 Å². The van der Waals surface area contributed by atoms with Gasteiger partial charge in [-0.1, -0.05) is 13.3 Å². The van der Waals surface area contributed by atoms with Gasteiger partial charge in [-0.25, -0.2) is 0 Å². The van der Waals surface area contributed by atoms with Gasteiger partial charge in [0, 0.05) is 6.54 Å². The van der Waals surface area contributed by atoms with E-state index in [0.717, 1.165) is 13.0 Å². The number of carbonyl (C=O) groups is 1. The van der Waals surface area contributed by atoms with Crippen LogP contribution in [0.5, 0.6) is 0 Å². The minimum absolute atomic E-state index is 0.630. The summed E-state index contributed by atoms with van der Waals surface area (Å²) in [5.41, 5.74) is 0.630. The van der Waals surface area contributed by atoms with Gasteiger partial charge >= 0.3 is 0 Å². The van der Waals surface area contributed by atoms with E-state index < -0.39 is 0 Å². The second-order valence-electron chi connectivity index (χ2n) is 3.57. The molecule has 1 rings (SSSR count). The molecule has 1 amide bonds. The van der Waals surface area contributed by atoms with Crippen molar-refractivity contribution >= 4 is 6.41 Å². The molecule has 2 heteroatoms. The van der Waals surface area contributed by atoms with Crippen molar-refractivity contribution in [3.63, 3.8) is 0 Å². The Hall–Kier alpha value is -0.530. The third-order valence-corrected chi connectivity index (χ3v) is 2.62. The van der Waals surface area contributed by atoms with Gasteiger partial charge in [-0.3, -0.25) is 4.79 Å². The van der Waals surface area contributed by atoms with E-state index >= 15 is 0 Å². The molecule has 64 valence electrons. The number of carbonyl (C=O) groups excluding carboxylic acids is 1. The van der Waals surface area contributed by atoms with Crippen LogP contribution in [0.4, 0.5) is 0 Å². The smallest absolute Gasteiger partial charge is 0.207 e. The van der Waals surface area contributed by atoms with Crippen LogP contribution in [-0.4, -0.2) is 13.0 Å². The third kappa shape index (κ3) is 2.52. The van der Waals surface area contributed by atoms with Crippen LogP contribution < -0.4 is 5.32 Å². The molecule has 0 aromatic rings. The molecular weight excluding hydrogens is 138 g/mol. The Balaban J connectivity index is 2.08. The normalized spacial score (nSPS) is 19.4. The van der Waals surface area contributed by atoms with Crippen LogP contribution in [-0.2, 0) is 4.79 Å². The maximum atomic E-state index is 9.96. The van der Waals surface area contributed by atoms with Crippen LogP contribution in [0.15, 0.2) is 0 Å². The quantitative estimate of drug-likeness (QED) is 0.459. The van der Waals surface area contributed by atoms with E-state index in [0.29, 0.717) is 5.41 Å². The lowest BCUT2D eigenvalue weighted by molar-refractivity contribution is -0.109. The van der Waals surface area contributed by atoms with Gasteiger partial charge in [-0.2, -0.15) is 0 Å². The van der Waals surface area contributed by atoms with E-state index in [1.54, 1.807) is 0 Å². The number of amides is 1. The lowest BCUT2D eigenvalue weighted by Gasteiger charge is -2.12. The lowest BCUT2D eigenvalue weighted by Crippen LogP contribution is -2.16. The first-order chi connectivity index (χ1) is 5.33. The molecule has 0 saturated heterocycles. The van der Waals surface area contributed by atoms with Gasteiger partial charge in [-0.05, 0) is 31.1 Å². The maximum absolute atomic E-state index is 9.96. The Morgan fingerprint density at radius 2 is 2.18 bits per heavy atom. The van der Waals surface area contributed by atoms with Crippen molar-refractivity contribution in [1.82, 2.24) is 5.32 Å². The molecule has 2 nitrogen and oxygen atoms in total. The number of hydrogen-bond donors (Lipinski definition) is 1. The number of rotatable bonds is 6. The molecule has 0 aliphatic heterocycles. The third-order valence-electron chi connectivity index (χ3n) is 2.62. The average molecular weight is 155 g/mol. The molecule has 0 bridgehead atoms. The molecule has 11 heavy (non-hydrogen) atoms. The first-order valence-corrected chi connectivity index (χ1v) is 4.50. The highest BCUT2D eigenvalue weighted by atomic mass is 16.1. The summed E-state index contributed by atoms with van der Waals surface area (Å²) in [5, 5.41) is 2.72. The number of hydrogen-bond acceptors (Lipinski definition) is 1. The maximum Gasteiger partial charge on any atom is 0.207 e. The van der Waals surface area contributed by atoms with Crippen molar-refractivity contribution in [2.75, 3.05) is 6.54 Å². The van der Waals surface area contributed by atoms with Crippen LogP contribution in [0, 0.1) is 5.41 Å². The minimum Gasteiger partial charge on any atom is -0.359 e. The minimum atomic E-state index is 0.630. The van der Waals surface area contributed by atoms with Gasteiger partial charge in [0.05, 0.1) is 0 Å². The molecule has 0 aromatic heterocycles. The van der Waals surface area contributed by atoms with Crippen LogP contribution in [0.3, 0.4) is 0 Å². The van der Waals surface area contributed by atoms with E-state index in [1.807, 2.05) is 0 Å². The predicted molar refractivity (Wildman–Crippen MR) is 45.3 cm³/mol. The summed E-state index contributed by atoms with van der Waals surface area (Å²) in [6.07, 6.45) is 7.35. The second-order valence-corrected chi connectivity index (χ2v) is 3.57. The van der Waals surface area contributed by atoms with Crippen molar-refractivity contribution in [1.29, 1.82) is 0 Å². The SMILES string of the molecule is CCCC1(CCNC=O)CC1. The second kappa shape index (κ2) is 3.74. The largest absolute Gasteiger partial charge is 0.359 e. The average Bonchev–Trinajstić information content (AvgIpc) is 2.71. The monoisotopic (exact) mass is 155 g/mol. The summed E-state index contributed by atoms with van der Waals surface area (Å²) < 4.78 is 0. The predicted octanol–water partition coefficient (Wildman–Crippen LogP) is 1.70. The Morgan fingerprint density at radius 3 is 2.64 bits per heavy atom. The summed E-state index contributed by atoms with van der Waals surface area (Å²) in [6.45, 7) is 3.09. The fourth-order valence-electron chi connectivity index (χ4n) is 1.73. The molecule has 1 saturated carbocycles. The molecule has 0 atom stereocenters. The van der Waals surface area contributed by atoms with Crippen molar-refractivity contribution in [3.05, 3.63) is 0 Å². The fourth-order valence-corrected chi connectivity index (χ4v) is 1.73. The van der Waals surface area contributed by atoms with Crippen molar-refractivity contribution in [3.8, 4) is 0 Å². The van der Waals surface area contributed by atoms with Gasteiger partial charge < -0.3 is 5.32 Å². The molecule has 1 aliphatic rings. The van der Waals surface area contributed by atoms with E-state index in [4.69, 9.17) is 0 Å². The Labute approximate surface area is 68.4 Å². The van der Waals surface area contributed by atoms with Crippen LogP contribution in [0.25, 0.3) is 0 Å². The molecule has 1 fully saturated rings. The zero-order chi connectivity index (χ0) is 8.16. The van der Waals surface area contributed by atoms with Crippen molar-refractivity contribution in [2.24, 2.45) is 5.41 Å². The molecule has 1 aliphatic carbocycles. The van der Waals surface area contributed by atoms with Crippen molar-refractivity contribution in [2.45, 2.75) is 39.0 Å². The molecule has 0 heterocycles. The highest BCUT2D eigenvalue weighted by Crippen LogP contribution is 2.52. The van der Waals surface area contributed by atoms with Gasteiger partial charge in [-0.15, -0.1) is 0 Å². The highest BCUT2D eigenvalue weighted by molar-refractivity contribution is 5.45.